The van der Waals surface area contributed by atoms with Gasteiger partial charge in [-0.1, -0.05) is 84.9 Å². The molecule has 0 heterocycles. The Balaban J connectivity index is 1.94. The Bertz CT molecular complexity index is 1070. The van der Waals surface area contributed by atoms with Crippen molar-refractivity contribution in [1.82, 2.24) is 0 Å². The number of hydrogen-bond acceptors (Lipinski definition) is 3. The highest BCUT2D eigenvalue weighted by Crippen LogP contribution is 2.20. The molecule has 3 nitrogen and oxygen atoms in total. The second kappa shape index (κ2) is 8.55. The van der Waals surface area contributed by atoms with E-state index in [1.54, 1.807) is 12.1 Å². The van der Waals surface area contributed by atoms with Gasteiger partial charge in [0.25, 0.3) is 0 Å². The van der Waals surface area contributed by atoms with Gasteiger partial charge < -0.3 is 14.3 Å². The Kier molecular flexibility index (Phi) is 5.82. The molecular formula is C26H26O3Si2. The summed E-state index contributed by atoms with van der Waals surface area (Å²) in [7, 11) is -5.46. The van der Waals surface area contributed by atoms with Gasteiger partial charge >= 0.3 is 0 Å². The van der Waals surface area contributed by atoms with Crippen molar-refractivity contribution in [2.75, 3.05) is 0 Å². The van der Waals surface area contributed by atoms with Crippen LogP contribution in [0.25, 0.3) is 0 Å². The number of phenols is 2. The highest BCUT2D eigenvalue weighted by atomic mass is 28.4. The van der Waals surface area contributed by atoms with E-state index in [9.17, 15) is 10.2 Å². The third-order valence-electron chi connectivity index (χ3n) is 5.85. The molecule has 0 bridgehead atoms. The lowest BCUT2D eigenvalue weighted by Crippen LogP contribution is -2.70. The Hall–Kier alpha value is -3.13. The molecule has 0 saturated heterocycles. The van der Waals surface area contributed by atoms with Gasteiger partial charge in [-0.3, -0.25) is 0 Å². The fraction of sp³-hybridized carbons (Fsp3) is 0.0769. The molecule has 2 atom stereocenters. The van der Waals surface area contributed by atoms with Crippen molar-refractivity contribution in [1.29, 1.82) is 0 Å². The van der Waals surface area contributed by atoms with Crippen molar-refractivity contribution in [3.63, 3.8) is 0 Å². The molecular weight excluding hydrogens is 416 g/mol. The molecule has 0 fully saturated rings. The minimum Gasteiger partial charge on any atom is -0.508 e. The van der Waals surface area contributed by atoms with E-state index in [0.717, 1.165) is 20.7 Å². The van der Waals surface area contributed by atoms with Crippen molar-refractivity contribution >= 4 is 37.4 Å². The Morgan fingerprint density at radius 3 is 1.19 bits per heavy atom. The van der Waals surface area contributed by atoms with Crippen LogP contribution >= 0.6 is 0 Å². The molecule has 156 valence electrons. The maximum atomic E-state index is 10.2. The van der Waals surface area contributed by atoms with E-state index in [4.69, 9.17) is 4.12 Å². The van der Waals surface area contributed by atoms with Gasteiger partial charge in [0.1, 0.15) is 11.5 Å². The predicted octanol–water partition coefficient (Wildman–Crippen LogP) is 3.19. The van der Waals surface area contributed by atoms with E-state index >= 15 is 0 Å². The monoisotopic (exact) mass is 442 g/mol. The van der Waals surface area contributed by atoms with E-state index in [1.165, 1.54) is 0 Å². The van der Waals surface area contributed by atoms with E-state index in [-0.39, 0.29) is 11.5 Å². The second-order valence-electron chi connectivity index (χ2n) is 8.00. The fourth-order valence-electron chi connectivity index (χ4n) is 4.09. The summed E-state index contributed by atoms with van der Waals surface area (Å²) in [6.45, 7) is 4.38. The maximum absolute atomic E-state index is 10.2. The van der Waals surface area contributed by atoms with E-state index in [0.29, 0.717) is 0 Å². The third kappa shape index (κ3) is 4.21. The smallest absolute Gasteiger partial charge is 0.242 e. The number of rotatable bonds is 6. The Labute approximate surface area is 185 Å². The lowest BCUT2D eigenvalue weighted by Gasteiger charge is -2.39. The van der Waals surface area contributed by atoms with Crippen LogP contribution in [0.15, 0.2) is 109 Å². The molecule has 0 spiro atoms. The predicted molar refractivity (Wildman–Crippen MR) is 132 cm³/mol. The standard InChI is InChI=1S/C26H26O3Si2/c1-30(23-13-5-3-6-14-23,25-17-9-11-21(27)19-25)29-31(2,24-15-7-4-8-16-24)26-18-10-12-22(28)20-26/h3-20,27-28H,1-2H3. The van der Waals surface area contributed by atoms with Gasteiger partial charge in [-0.2, -0.15) is 0 Å². The van der Waals surface area contributed by atoms with Crippen LogP contribution in [0, 0.1) is 0 Å². The molecule has 4 rings (SSSR count). The summed E-state index contributed by atoms with van der Waals surface area (Å²) in [5.41, 5.74) is 0. The van der Waals surface area contributed by atoms with E-state index in [1.807, 2.05) is 72.8 Å². The van der Waals surface area contributed by atoms with Crippen LogP contribution in [0.2, 0.25) is 13.1 Å². The zero-order chi connectivity index (χ0) is 21.9. The van der Waals surface area contributed by atoms with Crippen molar-refractivity contribution in [3.05, 3.63) is 109 Å². The SMILES string of the molecule is C[Si](O[Si](C)(c1ccccc1)c1cccc(O)c1)(c1ccccc1)c1cccc(O)c1. The topological polar surface area (TPSA) is 49.7 Å². The van der Waals surface area contributed by atoms with Gasteiger partial charge in [-0.05, 0) is 58.1 Å². The van der Waals surface area contributed by atoms with Gasteiger partial charge in [0.05, 0.1) is 0 Å². The van der Waals surface area contributed by atoms with Gasteiger partial charge in [0.2, 0.25) is 16.6 Å². The molecule has 0 aliphatic heterocycles. The van der Waals surface area contributed by atoms with Crippen molar-refractivity contribution < 1.29 is 14.3 Å². The molecule has 0 amide bonds. The second-order valence-corrected chi connectivity index (χ2v) is 15.3. The van der Waals surface area contributed by atoms with Crippen LogP contribution in [-0.2, 0) is 4.12 Å². The van der Waals surface area contributed by atoms with Gasteiger partial charge in [0.15, 0.2) is 0 Å². The average molecular weight is 443 g/mol. The number of phenolic OH excluding ortho intramolecular Hbond substituents is 2. The molecule has 4 aromatic rings. The first-order valence-electron chi connectivity index (χ1n) is 10.3. The van der Waals surface area contributed by atoms with E-state index < -0.39 is 16.6 Å². The molecule has 31 heavy (non-hydrogen) atoms. The van der Waals surface area contributed by atoms with Gasteiger partial charge in [-0.15, -0.1) is 0 Å². The van der Waals surface area contributed by atoms with Crippen LogP contribution in [0.3, 0.4) is 0 Å². The molecule has 0 aliphatic carbocycles. The molecule has 4 aromatic carbocycles. The first kappa shape index (κ1) is 21.1. The lowest BCUT2D eigenvalue weighted by atomic mass is 10.3. The molecule has 0 saturated carbocycles. The van der Waals surface area contributed by atoms with Crippen molar-refractivity contribution in [2.24, 2.45) is 0 Å². The zero-order valence-corrected chi connectivity index (χ0v) is 19.7. The minimum absolute atomic E-state index is 0.233. The highest BCUT2D eigenvalue weighted by Gasteiger charge is 2.45. The summed E-state index contributed by atoms with van der Waals surface area (Å²) >= 11 is 0. The summed E-state index contributed by atoms with van der Waals surface area (Å²) in [5, 5.41) is 24.8. The molecule has 0 aromatic heterocycles. The van der Waals surface area contributed by atoms with Gasteiger partial charge in [-0.25, -0.2) is 0 Å². The van der Waals surface area contributed by atoms with Crippen molar-refractivity contribution in [2.45, 2.75) is 13.1 Å². The van der Waals surface area contributed by atoms with Crippen LogP contribution in [0.1, 0.15) is 0 Å². The average Bonchev–Trinajstić information content (AvgIpc) is 2.80. The van der Waals surface area contributed by atoms with Crippen LogP contribution in [0.5, 0.6) is 11.5 Å². The fourth-order valence-corrected chi connectivity index (χ4v) is 13.2. The highest BCUT2D eigenvalue weighted by molar-refractivity contribution is 7.08. The molecule has 0 radical (unpaired) electrons. The minimum atomic E-state index is -2.73. The molecule has 5 heteroatoms. The summed E-state index contributed by atoms with van der Waals surface area (Å²) in [5.74, 6) is 0.465. The summed E-state index contributed by atoms with van der Waals surface area (Å²) in [6, 6.07) is 35.4. The first-order valence-corrected chi connectivity index (χ1v) is 15.1. The normalized spacial score (nSPS) is 15.0. The van der Waals surface area contributed by atoms with E-state index in [2.05, 4.69) is 37.4 Å². The summed E-state index contributed by atoms with van der Waals surface area (Å²) in [6.07, 6.45) is 0. The third-order valence-corrected chi connectivity index (χ3v) is 14.8. The number of hydrogen-bond donors (Lipinski definition) is 2. The summed E-state index contributed by atoms with van der Waals surface area (Å²) in [4.78, 5) is 0. The Morgan fingerprint density at radius 1 is 0.484 bits per heavy atom. The molecule has 2 unspecified atom stereocenters. The maximum Gasteiger partial charge on any atom is 0.242 e. The largest absolute Gasteiger partial charge is 0.508 e. The zero-order valence-electron chi connectivity index (χ0n) is 17.7. The summed E-state index contributed by atoms with van der Waals surface area (Å²) < 4.78 is 7.34. The van der Waals surface area contributed by atoms with Crippen LogP contribution < -0.4 is 20.7 Å². The quantitative estimate of drug-likeness (QED) is 0.451. The van der Waals surface area contributed by atoms with Gasteiger partial charge in [0, 0.05) is 0 Å². The lowest BCUT2D eigenvalue weighted by molar-refractivity contribution is 0.475. The number of benzene rings is 4. The van der Waals surface area contributed by atoms with Crippen LogP contribution in [-0.4, -0.2) is 26.8 Å². The number of aromatic hydroxyl groups is 2. The Morgan fingerprint density at radius 2 is 0.839 bits per heavy atom. The molecule has 2 N–H and O–H groups in total. The van der Waals surface area contributed by atoms with Crippen molar-refractivity contribution in [3.8, 4) is 11.5 Å². The van der Waals surface area contributed by atoms with Crippen LogP contribution in [0.4, 0.5) is 0 Å². The first-order chi connectivity index (χ1) is 14.9. The molecule has 0 aliphatic rings.